The molecule has 0 atom stereocenters. The van der Waals surface area contributed by atoms with E-state index in [9.17, 15) is 5.48 Å². The Bertz CT molecular complexity index is 4900. The van der Waals surface area contributed by atoms with Gasteiger partial charge in [-0.3, -0.25) is 0 Å². The highest BCUT2D eigenvalue weighted by Gasteiger charge is 2.46. The molecule has 1 aromatic heterocycles. The fourth-order valence-electron chi connectivity index (χ4n) is 12.7. The van der Waals surface area contributed by atoms with Gasteiger partial charge in [-0.15, -0.1) is 0 Å². The summed E-state index contributed by atoms with van der Waals surface area (Å²) in [5.41, 5.74) is 17.7. The number of hydrogen-bond acceptors (Lipinski definition) is 2. The molecule has 0 unspecified atom stereocenters. The number of nitrogens with zero attached hydrogens (tertiary/aromatic N) is 3. The van der Waals surface area contributed by atoms with Crippen molar-refractivity contribution in [1.82, 2.24) is 4.57 Å². The maximum Gasteiger partial charge on any atom is 0.252 e. The summed E-state index contributed by atoms with van der Waals surface area (Å²) in [6, 6.07) is 63.4. The van der Waals surface area contributed by atoms with Crippen molar-refractivity contribution in [2.24, 2.45) is 0 Å². The minimum atomic E-state index is -2.52. The van der Waals surface area contributed by atoms with Crippen LogP contribution in [-0.2, 0) is 16.2 Å². The molecule has 4 heteroatoms. The van der Waals surface area contributed by atoms with E-state index in [4.69, 9.17) is 9.60 Å². The zero-order valence-electron chi connectivity index (χ0n) is 59.4. The number of fused-ring (bicyclic) bond motifs is 7. The van der Waals surface area contributed by atoms with Crippen LogP contribution in [0.1, 0.15) is 99.6 Å². The highest BCUT2D eigenvalue weighted by molar-refractivity contribution is 7.00. The van der Waals surface area contributed by atoms with Gasteiger partial charge in [0.25, 0.3) is 6.71 Å². The smallest absolute Gasteiger partial charge is 0.252 e. The first kappa shape index (κ1) is 41.0. The Hall–Kier alpha value is -9.12. The fourth-order valence-corrected chi connectivity index (χ4v) is 12.7. The molecule has 12 aromatic rings. The number of aromatic nitrogens is 1. The molecule has 2 aliphatic heterocycles. The van der Waals surface area contributed by atoms with E-state index in [0.717, 1.165) is 106 Å². The van der Waals surface area contributed by atoms with Gasteiger partial charge in [-0.2, -0.15) is 0 Å². The molecule has 0 fully saturated rings. The minimum absolute atomic E-state index is 0.000568. The second-order valence-electron chi connectivity index (χ2n) is 25.4. The lowest BCUT2D eigenvalue weighted by Crippen LogP contribution is -2.61. The number of anilines is 6. The second-order valence-corrected chi connectivity index (χ2v) is 25.4. The van der Waals surface area contributed by atoms with Crippen LogP contribution in [-0.4, -0.2) is 11.3 Å². The maximum atomic E-state index is 9.68. The van der Waals surface area contributed by atoms with Crippen molar-refractivity contribution in [3.05, 3.63) is 265 Å². The van der Waals surface area contributed by atoms with Crippen LogP contribution in [0.3, 0.4) is 0 Å². The van der Waals surface area contributed by atoms with Crippen molar-refractivity contribution in [2.75, 3.05) is 9.80 Å². The van der Waals surface area contributed by atoms with Crippen LogP contribution in [0.15, 0.2) is 242 Å². The first-order valence-electron chi connectivity index (χ1n) is 34.2. The number of hydrogen-bond donors (Lipinski definition) is 0. The number of para-hydroxylation sites is 2. The van der Waals surface area contributed by atoms with E-state index < -0.39 is 67.3 Å². The Kier molecular flexibility index (Phi) is 9.64. The van der Waals surface area contributed by atoms with E-state index in [-0.39, 0.29) is 38.2 Å². The summed E-state index contributed by atoms with van der Waals surface area (Å²) < 4.78 is 103. The van der Waals surface area contributed by atoms with Gasteiger partial charge < -0.3 is 14.4 Å². The second kappa shape index (κ2) is 19.5. The van der Waals surface area contributed by atoms with Crippen molar-refractivity contribution in [3.8, 4) is 50.2 Å². The summed E-state index contributed by atoms with van der Waals surface area (Å²) in [5, 5.41) is -0.0525. The van der Waals surface area contributed by atoms with Crippen LogP contribution in [0.2, 0.25) is 0 Å². The number of benzene rings is 11. The summed E-state index contributed by atoms with van der Waals surface area (Å²) in [5.74, 6) is 0. The van der Waals surface area contributed by atoms with Gasteiger partial charge in [-0.1, -0.05) is 244 Å². The molecule has 404 valence electrons. The van der Waals surface area contributed by atoms with Gasteiger partial charge in [0.05, 0.1) is 33.4 Å². The summed E-state index contributed by atoms with van der Waals surface area (Å²) in [6.07, 6.45) is 0. The van der Waals surface area contributed by atoms with Crippen LogP contribution in [0.25, 0.3) is 72.0 Å². The molecule has 3 heterocycles. The Morgan fingerprint density at radius 1 is 0.373 bits per heavy atom. The Balaban J connectivity index is 1.22. The minimum Gasteiger partial charge on any atom is -0.310 e. The monoisotopic (exact) mass is 1080 g/mol. The molecule has 0 radical (unpaired) electrons. The topological polar surface area (TPSA) is 11.4 Å². The van der Waals surface area contributed by atoms with E-state index >= 15 is 0 Å². The van der Waals surface area contributed by atoms with Crippen LogP contribution in [0.5, 0.6) is 0 Å². The van der Waals surface area contributed by atoms with Gasteiger partial charge in [0.15, 0.2) is 0 Å². The molecule has 0 bridgehead atoms. The van der Waals surface area contributed by atoms with E-state index in [2.05, 4.69) is 181 Å². The van der Waals surface area contributed by atoms with Crippen molar-refractivity contribution < 1.29 is 15.1 Å². The van der Waals surface area contributed by atoms with Crippen molar-refractivity contribution in [3.63, 3.8) is 0 Å². The molecule has 3 nitrogen and oxygen atoms in total. The Morgan fingerprint density at radius 3 is 1.18 bits per heavy atom. The van der Waals surface area contributed by atoms with E-state index in [1.165, 1.54) is 0 Å². The van der Waals surface area contributed by atoms with Gasteiger partial charge >= 0.3 is 0 Å². The van der Waals surface area contributed by atoms with Crippen LogP contribution < -0.4 is 26.2 Å². The normalized spacial score (nSPS) is 15.1. The van der Waals surface area contributed by atoms with Gasteiger partial charge in [-0.25, -0.2) is 0 Å². The van der Waals surface area contributed by atoms with Gasteiger partial charge in [-0.05, 0) is 145 Å². The number of rotatable bonds is 7. The third-order valence-corrected chi connectivity index (χ3v) is 16.9. The molecule has 0 amide bonds. The average molecular weight is 1080 g/mol. The third kappa shape index (κ3) is 8.72. The molecule has 0 spiro atoms. The molecule has 83 heavy (non-hydrogen) atoms. The van der Waals surface area contributed by atoms with E-state index in [1.54, 1.807) is 10.6 Å². The summed E-state index contributed by atoms with van der Waals surface area (Å²) in [4.78, 5) is 4.75. The van der Waals surface area contributed by atoms with Gasteiger partial charge in [0.2, 0.25) is 0 Å². The standard InChI is InChI=1S/C79H70BN3/c1-51-39-42-70-67(43-51)80-66-41-40-59(81-68-37-25-23-35-60(68)61-36-24-26-38-69(61)81)50-71(66)83(76-64(54-31-19-13-20-32-54)46-57(78(5,6)7)47-65(76)55-33-21-14-22-34-55)73-49-58(79(8,9)10)48-72(74(73)80)82(70)75-62(52-27-15-11-16-28-52)44-56(77(2,3)4)45-63(75)53-29-17-12-18-30-53/h11-50H,1-10H3/i1D3,23D,24D,25D,26D,35D,36D,37D,38D. The van der Waals surface area contributed by atoms with Gasteiger partial charge in [0, 0.05) is 65.6 Å². The zero-order valence-corrected chi connectivity index (χ0v) is 48.4. The SMILES string of the molecule is [2H]c1c([2H])c([2H])c2c(c1[2H])c1c([2H])c([2H])c([2H])c([2H])c1n2-c1ccc2c(c1)N(c1c(-c3ccccc3)cc(C(C)(C)C)cc1-c1ccccc1)c1cc(C(C)(C)C)cc3c1B2c1cc(C([2H])([2H])[2H])ccc1N3c1c(-c2ccccc2)cc(C(C)(C)C)cc1-c1ccccc1. The summed E-state index contributed by atoms with van der Waals surface area (Å²) >= 11 is 0. The lowest BCUT2D eigenvalue weighted by Gasteiger charge is -2.47. The predicted molar refractivity (Wildman–Crippen MR) is 357 cm³/mol. The predicted octanol–water partition coefficient (Wildman–Crippen LogP) is 19.7. The molecular weight excluding hydrogens is 1000 g/mol. The van der Waals surface area contributed by atoms with Crippen molar-refractivity contribution >= 4 is 79.0 Å². The average Bonchev–Trinajstić information content (AvgIpc) is 0.919. The van der Waals surface area contributed by atoms with Crippen LogP contribution >= 0.6 is 0 Å². The van der Waals surface area contributed by atoms with Crippen molar-refractivity contribution in [2.45, 2.75) is 85.4 Å². The lowest BCUT2D eigenvalue weighted by molar-refractivity contribution is 0.590. The van der Waals surface area contributed by atoms with Gasteiger partial charge in [0.1, 0.15) is 0 Å². The van der Waals surface area contributed by atoms with Crippen LogP contribution in [0, 0.1) is 6.85 Å². The Labute approximate surface area is 506 Å². The van der Waals surface area contributed by atoms with Crippen LogP contribution in [0.4, 0.5) is 34.1 Å². The summed E-state index contributed by atoms with van der Waals surface area (Å²) in [7, 11) is 0. The molecule has 0 aliphatic carbocycles. The fraction of sp³-hybridized carbons (Fsp3) is 0.165. The molecule has 0 saturated carbocycles. The molecule has 11 aromatic carbocycles. The quantitative estimate of drug-likeness (QED) is 0.147. The third-order valence-electron chi connectivity index (χ3n) is 16.9. The molecule has 2 aliphatic rings. The van der Waals surface area contributed by atoms with Crippen molar-refractivity contribution in [1.29, 1.82) is 0 Å². The highest BCUT2D eigenvalue weighted by Crippen LogP contribution is 2.55. The van der Waals surface area contributed by atoms with E-state index in [1.807, 2.05) is 78.9 Å². The molecule has 0 N–H and O–H groups in total. The zero-order chi connectivity index (χ0) is 66.6. The highest BCUT2D eigenvalue weighted by atomic mass is 15.2. The maximum absolute atomic E-state index is 9.68. The first-order valence-corrected chi connectivity index (χ1v) is 28.7. The molecule has 0 saturated heterocycles. The largest absolute Gasteiger partial charge is 0.310 e. The Morgan fingerprint density at radius 2 is 0.771 bits per heavy atom. The first-order chi connectivity index (χ1) is 44.5. The summed E-state index contributed by atoms with van der Waals surface area (Å²) in [6.45, 7) is 16.9. The van der Waals surface area contributed by atoms with E-state index in [0.29, 0.717) is 11.4 Å². The lowest BCUT2D eigenvalue weighted by atomic mass is 9.33. The number of aryl methyl sites for hydroxylation is 1. The molecular formula is C79H70BN3. The molecule has 14 rings (SSSR count).